The molecule has 1 saturated heterocycles. The molecule has 1 aliphatic rings. The Morgan fingerprint density at radius 3 is 2.39 bits per heavy atom. The van der Waals surface area contributed by atoms with E-state index in [4.69, 9.17) is 0 Å². The van der Waals surface area contributed by atoms with Gasteiger partial charge in [-0.25, -0.2) is 16.8 Å². The smallest absolute Gasteiger partial charge is 0.252 e. The van der Waals surface area contributed by atoms with Crippen molar-refractivity contribution in [3.8, 4) is 0 Å². The van der Waals surface area contributed by atoms with Crippen LogP contribution >= 0.6 is 11.3 Å². The summed E-state index contributed by atoms with van der Waals surface area (Å²) in [5.74, 6) is -0.743. The Kier molecular flexibility index (Phi) is 7.53. The average Bonchev–Trinajstić information content (AvgIpc) is 3.31. The van der Waals surface area contributed by atoms with Crippen LogP contribution in [-0.4, -0.2) is 57.5 Å². The number of benzene rings is 1. The number of thiophene rings is 1. The maximum Gasteiger partial charge on any atom is 0.252 e. The predicted octanol–water partition coefficient (Wildman–Crippen LogP) is 2.82. The second-order valence-electron chi connectivity index (χ2n) is 7.24. The van der Waals surface area contributed by atoms with Gasteiger partial charge in [0.05, 0.1) is 10.8 Å². The molecule has 1 amide bonds. The van der Waals surface area contributed by atoms with Gasteiger partial charge in [0, 0.05) is 31.9 Å². The molecule has 11 heteroatoms. The largest absolute Gasteiger partial charge is 0.326 e. The van der Waals surface area contributed by atoms with Gasteiger partial charge in [-0.2, -0.15) is 8.61 Å². The molecule has 0 aliphatic carbocycles. The van der Waals surface area contributed by atoms with Gasteiger partial charge in [-0.15, -0.1) is 11.3 Å². The number of anilines is 1. The number of carbonyl (C=O) groups is 1. The summed E-state index contributed by atoms with van der Waals surface area (Å²) < 4.78 is 53.7. The molecule has 2 heterocycles. The van der Waals surface area contributed by atoms with E-state index in [1.165, 1.54) is 20.7 Å². The molecular formula is C20H27N3O5S3. The van der Waals surface area contributed by atoms with Gasteiger partial charge in [-0.05, 0) is 48.6 Å². The molecule has 1 aromatic carbocycles. The zero-order valence-corrected chi connectivity index (χ0v) is 20.0. The standard InChI is InChI=1S/C20H27N3O5S3/c1-3-22(4-2)30(25,26)18-11-9-17(10-12-18)21-20(24)16-7-5-13-23(15-16)31(27,28)19-8-6-14-29-19/h6,8-12,14,16H,3-5,7,13,15H2,1-2H3,(H,21,24)/t16-/m1/s1. The second kappa shape index (κ2) is 9.78. The first-order valence-electron chi connectivity index (χ1n) is 10.1. The number of nitrogens with zero attached hydrogens (tertiary/aromatic N) is 2. The molecule has 1 atom stereocenters. The van der Waals surface area contributed by atoms with Crippen LogP contribution in [0.25, 0.3) is 0 Å². The summed E-state index contributed by atoms with van der Waals surface area (Å²) in [6.45, 7) is 4.83. The molecule has 170 valence electrons. The van der Waals surface area contributed by atoms with Gasteiger partial charge in [0.15, 0.2) is 0 Å². The molecule has 1 N–H and O–H groups in total. The summed E-state index contributed by atoms with van der Waals surface area (Å²) in [7, 11) is -7.16. The lowest BCUT2D eigenvalue weighted by Gasteiger charge is -2.30. The molecule has 31 heavy (non-hydrogen) atoms. The molecule has 1 aromatic heterocycles. The highest BCUT2D eigenvalue weighted by molar-refractivity contribution is 7.91. The van der Waals surface area contributed by atoms with Crippen molar-refractivity contribution in [1.29, 1.82) is 0 Å². The van der Waals surface area contributed by atoms with Crippen molar-refractivity contribution in [2.45, 2.75) is 35.8 Å². The van der Waals surface area contributed by atoms with Crippen molar-refractivity contribution in [2.75, 3.05) is 31.5 Å². The topological polar surface area (TPSA) is 104 Å². The molecule has 1 aliphatic heterocycles. The first-order valence-corrected chi connectivity index (χ1v) is 13.9. The summed E-state index contributed by atoms with van der Waals surface area (Å²) >= 11 is 1.16. The minimum Gasteiger partial charge on any atom is -0.326 e. The van der Waals surface area contributed by atoms with E-state index in [1.54, 1.807) is 43.5 Å². The first kappa shape index (κ1) is 23.9. The zero-order chi connectivity index (χ0) is 22.6. The fourth-order valence-corrected chi connectivity index (χ4v) is 7.71. The van der Waals surface area contributed by atoms with Crippen molar-refractivity contribution in [1.82, 2.24) is 8.61 Å². The summed E-state index contributed by atoms with van der Waals surface area (Å²) in [6.07, 6.45) is 1.19. The van der Waals surface area contributed by atoms with Gasteiger partial charge in [0.25, 0.3) is 10.0 Å². The van der Waals surface area contributed by atoms with Crippen LogP contribution in [-0.2, 0) is 24.8 Å². The van der Waals surface area contributed by atoms with Crippen molar-refractivity contribution in [3.63, 3.8) is 0 Å². The number of piperidine rings is 1. The minimum atomic E-state index is -3.59. The van der Waals surface area contributed by atoms with Gasteiger partial charge in [-0.1, -0.05) is 19.9 Å². The number of sulfonamides is 2. The van der Waals surface area contributed by atoms with Gasteiger partial charge in [0.1, 0.15) is 4.21 Å². The molecule has 0 unspecified atom stereocenters. The Bertz CT molecular complexity index is 1090. The Morgan fingerprint density at radius 1 is 1.13 bits per heavy atom. The van der Waals surface area contributed by atoms with Crippen LogP contribution in [0, 0.1) is 5.92 Å². The lowest BCUT2D eigenvalue weighted by molar-refractivity contribution is -0.120. The van der Waals surface area contributed by atoms with E-state index in [0.29, 0.717) is 38.2 Å². The van der Waals surface area contributed by atoms with Crippen molar-refractivity contribution >= 4 is 43.0 Å². The molecule has 0 radical (unpaired) electrons. The number of amides is 1. The number of hydrogen-bond acceptors (Lipinski definition) is 6. The average molecular weight is 486 g/mol. The highest BCUT2D eigenvalue weighted by atomic mass is 32.2. The Labute approximate surface area is 188 Å². The predicted molar refractivity (Wildman–Crippen MR) is 121 cm³/mol. The highest BCUT2D eigenvalue weighted by Crippen LogP contribution is 2.27. The van der Waals surface area contributed by atoms with E-state index in [0.717, 1.165) is 11.3 Å². The SMILES string of the molecule is CCN(CC)S(=O)(=O)c1ccc(NC(=O)[C@@H]2CCCN(S(=O)(=O)c3cccs3)C2)cc1. The zero-order valence-electron chi connectivity index (χ0n) is 17.5. The van der Waals surface area contributed by atoms with Gasteiger partial charge in [0.2, 0.25) is 15.9 Å². The highest BCUT2D eigenvalue weighted by Gasteiger charge is 2.34. The first-order chi connectivity index (χ1) is 14.7. The lowest BCUT2D eigenvalue weighted by Crippen LogP contribution is -2.43. The van der Waals surface area contributed by atoms with E-state index in [-0.39, 0.29) is 21.6 Å². The number of nitrogens with one attached hydrogen (secondary N) is 1. The summed E-state index contributed by atoms with van der Waals surface area (Å²) in [6, 6.07) is 9.30. The third-order valence-electron chi connectivity index (χ3n) is 5.31. The van der Waals surface area contributed by atoms with Crippen LogP contribution in [0.5, 0.6) is 0 Å². The van der Waals surface area contributed by atoms with Gasteiger partial charge < -0.3 is 5.32 Å². The van der Waals surface area contributed by atoms with Crippen molar-refractivity contribution in [3.05, 3.63) is 41.8 Å². The monoisotopic (exact) mass is 485 g/mol. The molecular weight excluding hydrogens is 458 g/mol. The molecule has 0 saturated carbocycles. The Hall–Kier alpha value is -1.79. The third kappa shape index (κ3) is 5.17. The number of rotatable bonds is 8. The summed E-state index contributed by atoms with van der Waals surface area (Å²) in [5.41, 5.74) is 0.474. The summed E-state index contributed by atoms with van der Waals surface area (Å²) in [4.78, 5) is 12.9. The van der Waals surface area contributed by atoms with Crippen LogP contribution in [0.15, 0.2) is 50.9 Å². The van der Waals surface area contributed by atoms with Crippen LogP contribution in [0.1, 0.15) is 26.7 Å². The number of carbonyl (C=O) groups excluding carboxylic acids is 1. The quantitative estimate of drug-likeness (QED) is 0.619. The van der Waals surface area contributed by atoms with Gasteiger partial charge in [-0.3, -0.25) is 4.79 Å². The summed E-state index contributed by atoms with van der Waals surface area (Å²) in [5, 5.41) is 4.50. The molecule has 8 nitrogen and oxygen atoms in total. The fraction of sp³-hybridized carbons (Fsp3) is 0.450. The molecule has 2 aromatic rings. The minimum absolute atomic E-state index is 0.125. The van der Waals surface area contributed by atoms with Crippen molar-refractivity contribution < 1.29 is 21.6 Å². The maximum atomic E-state index is 12.8. The van der Waals surface area contributed by atoms with Crippen molar-refractivity contribution in [2.24, 2.45) is 5.92 Å². The molecule has 3 rings (SSSR count). The Morgan fingerprint density at radius 2 is 1.81 bits per heavy atom. The van der Waals surface area contributed by atoms with E-state index >= 15 is 0 Å². The Balaban J connectivity index is 1.67. The van der Waals surface area contributed by atoms with E-state index < -0.39 is 26.0 Å². The van der Waals surface area contributed by atoms with Crippen LogP contribution in [0.4, 0.5) is 5.69 Å². The molecule has 1 fully saturated rings. The molecule has 0 bridgehead atoms. The lowest BCUT2D eigenvalue weighted by atomic mass is 9.99. The fourth-order valence-electron chi connectivity index (χ4n) is 3.58. The van der Waals surface area contributed by atoms with Gasteiger partial charge >= 0.3 is 0 Å². The maximum absolute atomic E-state index is 12.8. The van der Waals surface area contributed by atoms with Crippen LogP contribution in [0.3, 0.4) is 0 Å². The number of hydrogen-bond donors (Lipinski definition) is 1. The molecule has 0 spiro atoms. The van der Waals surface area contributed by atoms with Crippen LogP contribution in [0.2, 0.25) is 0 Å². The van der Waals surface area contributed by atoms with E-state index in [1.807, 2.05) is 0 Å². The van der Waals surface area contributed by atoms with E-state index in [9.17, 15) is 21.6 Å². The second-order valence-corrected chi connectivity index (χ2v) is 12.3. The van der Waals surface area contributed by atoms with E-state index in [2.05, 4.69) is 5.32 Å². The third-order valence-corrected chi connectivity index (χ3v) is 10.6. The normalized spacial score (nSPS) is 18.2. The van der Waals surface area contributed by atoms with Crippen LogP contribution < -0.4 is 5.32 Å².